The van der Waals surface area contributed by atoms with Crippen LogP contribution in [-0.4, -0.2) is 58.7 Å². The van der Waals surface area contributed by atoms with Gasteiger partial charge in [0.1, 0.15) is 5.75 Å². The van der Waals surface area contributed by atoms with Crippen molar-refractivity contribution in [3.05, 3.63) is 48.3 Å². The summed E-state index contributed by atoms with van der Waals surface area (Å²) in [7, 11) is 0. The number of benzene rings is 1. The van der Waals surface area contributed by atoms with Crippen molar-refractivity contribution in [3.8, 4) is 5.75 Å². The monoisotopic (exact) mass is 468 g/mol. The molecule has 2 N–H and O–H groups in total. The van der Waals surface area contributed by atoms with Crippen LogP contribution in [0.5, 0.6) is 5.75 Å². The number of phenolic OH excluding ortho intramolecular Hbond substituents is 1. The number of hydrogen-bond acceptors (Lipinski definition) is 5. The van der Waals surface area contributed by atoms with Crippen molar-refractivity contribution in [1.82, 2.24) is 20.2 Å². The highest BCUT2D eigenvalue weighted by Gasteiger charge is 2.20. The van der Waals surface area contributed by atoms with Crippen LogP contribution >= 0.6 is 24.0 Å². The predicted octanol–water partition coefficient (Wildman–Crippen LogP) is 2.09. The summed E-state index contributed by atoms with van der Waals surface area (Å²) < 4.78 is 0. The fraction of sp³-hybridized carbons (Fsp3) is 0.389. The van der Waals surface area contributed by atoms with Gasteiger partial charge >= 0.3 is 0 Å². The Balaban J connectivity index is 0.00000243. The van der Waals surface area contributed by atoms with Gasteiger partial charge in [-0.1, -0.05) is 12.1 Å². The minimum Gasteiger partial charge on any atom is -0.508 e. The summed E-state index contributed by atoms with van der Waals surface area (Å²) in [5.41, 5.74) is 1.07. The second kappa shape index (κ2) is 10.1. The molecular formula is C18H25IN6O. The first kappa shape index (κ1) is 20.2. The van der Waals surface area contributed by atoms with Gasteiger partial charge in [-0.2, -0.15) is 0 Å². The SMILES string of the molecule is CCNC(=NCc1ccc(O)cc1)N1CCN(c2ncccn2)CC1.I. The van der Waals surface area contributed by atoms with E-state index < -0.39 is 0 Å². The molecule has 0 aliphatic carbocycles. The number of guanidine groups is 1. The maximum atomic E-state index is 9.37. The zero-order valence-electron chi connectivity index (χ0n) is 14.9. The van der Waals surface area contributed by atoms with E-state index in [1.807, 2.05) is 18.2 Å². The number of halogens is 1. The van der Waals surface area contributed by atoms with Crippen LogP contribution in [0.3, 0.4) is 0 Å². The topological polar surface area (TPSA) is 76.9 Å². The van der Waals surface area contributed by atoms with Gasteiger partial charge in [0, 0.05) is 45.1 Å². The van der Waals surface area contributed by atoms with Crippen LogP contribution in [0.4, 0.5) is 5.95 Å². The number of hydrogen-bond donors (Lipinski definition) is 2. The van der Waals surface area contributed by atoms with Gasteiger partial charge in [-0.05, 0) is 30.7 Å². The van der Waals surface area contributed by atoms with E-state index in [-0.39, 0.29) is 29.7 Å². The molecule has 1 fully saturated rings. The average Bonchev–Trinajstić information content (AvgIpc) is 2.67. The van der Waals surface area contributed by atoms with Crippen molar-refractivity contribution >= 4 is 35.9 Å². The highest BCUT2D eigenvalue weighted by atomic mass is 127. The minimum absolute atomic E-state index is 0. The number of aromatic nitrogens is 2. The first-order valence-corrected chi connectivity index (χ1v) is 8.59. The Morgan fingerprint density at radius 1 is 1.12 bits per heavy atom. The standard InChI is InChI=1S/C18H24N6O.HI/c1-2-19-17(22-14-15-4-6-16(25)7-5-15)23-10-12-24(13-11-23)18-20-8-3-9-21-18;/h3-9,25H,2,10-14H2,1H3,(H,19,22);1H. The third-order valence-corrected chi connectivity index (χ3v) is 4.10. The Hall–Kier alpha value is -2.10. The van der Waals surface area contributed by atoms with E-state index in [2.05, 4.69) is 32.0 Å². The maximum absolute atomic E-state index is 9.37. The van der Waals surface area contributed by atoms with Gasteiger partial charge in [-0.15, -0.1) is 24.0 Å². The average molecular weight is 468 g/mol. The first-order valence-electron chi connectivity index (χ1n) is 8.59. The molecule has 0 unspecified atom stereocenters. The molecule has 0 radical (unpaired) electrons. The Morgan fingerprint density at radius 3 is 2.38 bits per heavy atom. The quantitative estimate of drug-likeness (QED) is 0.407. The summed E-state index contributed by atoms with van der Waals surface area (Å²) in [6.07, 6.45) is 3.55. The summed E-state index contributed by atoms with van der Waals surface area (Å²) in [5, 5.41) is 12.7. The van der Waals surface area contributed by atoms with Gasteiger partial charge < -0.3 is 20.2 Å². The van der Waals surface area contributed by atoms with Gasteiger partial charge in [0.15, 0.2) is 5.96 Å². The Kier molecular flexibility index (Phi) is 7.89. The molecule has 0 bridgehead atoms. The van der Waals surface area contributed by atoms with E-state index in [0.717, 1.165) is 50.2 Å². The van der Waals surface area contributed by atoms with Crippen LogP contribution in [-0.2, 0) is 6.54 Å². The highest BCUT2D eigenvalue weighted by Crippen LogP contribution is 2.12. The van der Waals surface area contributed by atoms with E-state index in [4.69, 9.17) is 4.99 Å². The van der Waals surface area contributed by atoms with Gasteiger partial charge in [0.2, 0.25) is 5.95 Å². The molecule has 0 amide bonds. The summed E-state index contributed by atoms with van der Waals surface area (Å²) >= 11 is 0. The number of aliphatic imine (C=N–C) groups is 1. The fourth-order valence-electron chi connectivity index (χ4n) is 2.77. The highest BCUT2D eigenvalue weighted by molar-refractivity contribution is 14.0. The molecule has 1 aliphatic rings. The van der Waals surface area contributed by atoms with Crippen LogP contribution in [0.15, 0.2) is 47.7 Å². The van der Waals surface area contributed by atoms with E-state index in [0.29, 0.717) is 6.54 Å². The largest absolute Gasteiger partial charge is 0.508 e. The number of nitrogens with zero attached hydrogens (tertiary/aromatic N) is 5. The molecule has 3 rings (SSSR count). The number of aromatic hydroxyl groups is 1. The fourth-order valence-corrected chi connectivity index (χ4v) is 2.77. The molecule has 8 heteroatoms. The molecule has 2 heterocycles. The molecule has 0 saturated carbocycles. The number of nitrogens with one attached hydrogen (secondary N) is 1. The van der Waals surface area contributed by atoms with Gasteiger partial charge in [-0.25, -0.2) is 15.0 Å². The lowest BCUT2D eigenvalue weighted by atomic mass is 10.2. The van der Waals surface area contributed by atoms with Crippen LogP contribution < -0.4 is 10.2 Å². The maximum Gasteiger partial charge on any atom is 0.225 e. The number of phenols is 1. The second-order valence-corrected chi connectivity index (χ2v) is 5.86. The molecule has 1 aliphatic heterocycles. The summed E-state index contributed by atoms with van der Waals surface area (Å²) in [5.74, 6) is 1.98. The number of anilines is 1. The van der Waals surface area contributed by atoms with Gasteiger partial charge in [-0.3, -0.25) is 0 Å². The van der Waals surface area contributed by atoms with E-state index >= 15 is 0 Å². The van der Waals surface area contributed by atoms with Crippen LogP contribution in [0, 0.1) is 0 Å². The Morgan fingerprint density at radius 2 is 1.77 bits per heavy atom. The normalized spacial score (nSPS) is 14.7. The lowest BCUT2D eigenvalue weighted by Crippen LogP contribution is -2.52. The minimum atomic E-state index is 0. The first-order chi connectivity index (χ1) is 12.3. The Bertz CT molecular complexity index is 687. The molecule has 7 nitrogen and oxygen atoms in total. The Labute approximate surface area is 171 Å². The molecule has 140 valence electrons. The van der Waals surface area contributed by atoms with E-state index in [1.54, 1.807) is 24.5 Å². The molecule has 26 heavy (non-hydrogen) atoms. The zero-order chi connectivity index (χ0) is 17.5. The third-order valence-electron chi connectivity index (χ3n) is 4.10. The predicted molar refractivity (Wildman–Crippen MR) is 114 cm³/mol. The van der Waals surface area contributed by atoms with Gasteiger partial charge in [0.05, 0.1) is 6.54 Å². The van der Waals surface area contributed by atoms with Crippen LogP contribution in [0.2, 0.25) is 0 Å². The molecule has 0 atom stereocenters. The van der Waals surface area contributed by atoms with E-state index in [1.165, 1.54) is 0 Å². The third kappa shape index (κ3) is 5.45. The summed E-state index contributed by atoms with van der Waals surface area (Å²) in [6.45, 7) is 6.98. The molecule has 1 aromatic heterocycles. The lowest BCUT2D eigenvalue weighted by molar-refractivity contribution is 0.370. The van der Waals surface area contributed by atoms with Crippen LogP contribution in [0.1, 0.15) is 12.5 Å². The smallest absolute Gasteiger partial charge is 0.225 e. The van der Waals surface area contributed by atoms with Crippen molar-refractivity contribution in [2.24, 2.45) is 4.99 Å². The van der Waals surface area contributed by atoms with Crippen molar-refractivity contribution in [3.63, 3.8) is 0 Å². The van der Waals surface area contributed by atoms with Gasteiger partial charge in [0.25, 0.3) is 0 Å². The number of rotatable bonds is 4. The molecular weight excluding hydrogens is 443 g/mol. The second-order valence-electron chi connectivity index (χ2n) is 5.86. The molecule has 0 spiro atoms. The van der Waals surface area contributed by atoms with Crippen molar-refractivity contribution in [1.29, 1.82) is 0 Å². The molecule has 1 saturated heterocycles. The lowest BCUT2D eigenvalue weighted by Gasteiger charge is -2.36. The molecule has 1 aromatic carbocycles. The van der Waals surface area contributed by atoms with Crippen molar-refractivity contribution in [2.75, 3.05) is 37.6 Å². The summed E-state index contributed by atoms with van der Waals surface area (Å²) in [6, 6.07) is 9.01. The summed E-state index contributed by atoms with van der Waals surface area (Å²) in [4.78, 5) is 17.8. The van der Waals surface area contributed by atoms with Crippen molar-refractivity contribution < 1.29 is 5.11 Å². The molecule has 2 aromatic rings. The van der Waals surface area contributed by atoms with Crippen LogP contribution in [0.25, 0.3) is 0 Å². The number of piperazine rings is 1. The van der Waals surface area contributed by atoms with Crippen molar-refractivity contribution in [2.45, 2.75) is 13.5 Å². The van der Waals surface area contributed by atoms with E-state index in [9.17, 15) is 5.11 Å². The zero-order valence-corrected chi connectivity index (χ0v) is 17.2.